The fourth-order valence-electron chi connectivity index (χ4n) is 7.89. The summed E-state index contributed by atoms with van der Waals surface area (Å²) in [5.74, 6) is -0.752. The Labute approximate surface area is 247 Å². The molecule has 6 aliphatic rings. The summed E-state index contributed by atoms with van der Waals surface area (Å²) in [6, 6.07) is 5.06. The molecule has 1 aromatic carbocycles. The second-order valence-corrected chi connectivity index (χ2v) is 14.3. The highest BCUT2D eigenvalue weighted by atomic mass is 35.6. The summed E-state index contributed by atoms with van der Waals surface area (Å²) in [7, 11) is 3.02. The van der Waals surface area contributed by atoms with Crippen LogP contribution in [0.5, 0.6) is 5.75 Å². The molecule has 220 valence electrons. The van der Waals surface area contributed by atoms with Crippen LogP contribution in [0.15, 0.2) is 18.2 Å². The van der Waals surface area contributed by atoms with E-state index in [1.807, 2.05) is 32.9 Å². The van der Waals surface area contributed by atoms with Gasteiger partial charge in [0, 0.05) is 23.9 Å². The zero-order chi connectivity index (χ0) is 28.8. The summed E-state index contributed by atoms with van der Waals surface area (Å²) >= 11 is 17.8. The minimum Gasteiger partial charge on any atom is -0.497 e. The van der Waals surface area contributed by atoms with Crippen molar-refractivity contribution in [3.63, 3.8) is 0 Å². The average Bonchev–Trinajstić information content (AvgIpc) is 3.13. The number of halogens is 3. The molecule has 2 amide bonds. The normalized spacial score (nSPS) is 37.7. The molecule has 7 rings (SSSR count). The van der Waals surface area contributed by atoms with Crippen LogP contribution in [-0.2, 0) is 34.0 Å². The first-order valence-corrected chi connectivity index (χ1v) is 14.5. The molecule has 5 heterocycles. The van der Waals surface area contributed by atoms with Crippen LogP contribution in [0.3, 0.4) is 0 Å². The second-order valence-electron chi connectivity index (χ2n) is 11.8. The van der Waals surface area contributed by atoms with Crippen molar-refractivity contribution in [2.24, 2.45) is 11.8 Å². The Morgan fingerprint density at radius 1 is 1.23 bits per heavy atom. The number of methoxy groups -OCH3 is 1. The molecule has 10 nitrogen and oxygen atoms in total. The molecular formula is C27H33Cl3N2O8. The van der Waals surface area contributed by atoms with Crippen molar-refractivity contribution in [1.29, 1.82) is 0 Å². The van der Waals surface area contributed by atoms with E-state index in [-0.39, 0.29) is 30.4 Å². The molecular weight excluding hydrogens is 587 g/mol. The molecule has 2 spiro atoms. The van der Waals surface area contributed by atoms with Gasteiger partial charge in [-0.15, -0.1) is 0 Å². The fraction of sp³-hybridized carbons (Fsp3) is 0.704. The maximum absolute atomic E-state index is 14.4. The number of alkyl halides is 3. The lowest BCUT2D eigenvalue weighted by atomic mass is 9.67. The second kappa shape index (κ2) is 9.49. The van der Waals surface area contributed by atoms with Crippen molar-refractivity contribution < 1.29 is 38.1 Å². The van der Waals surface area contributed by atoms with E-state index in [9.17, 15) is 9.59 Å². The number of likely N-dealkylation sites (tertiary alicyclic amines) is 1. The predicted molar refractivity (Wildman–Crippen MR) is 146 cm³/mol. The molecule has 0 aromatic heterocycles. The van der Waals surface area contributed by atoms with Gasteiger partial charge in [-0.1, -0.05) is 40.9 Å². The van der Waals surface area contributed by atoms with Gasteiger partial charge in [0.25, 0.3) is 5.91 Å². The van der Waals surface area contributed by atoms with Crippen LogP contribution in [0.2, 0.25) is 0 Å². The van der Waals surface area contributed by atoms with Gasteiger partial charge in [0.05, 0.1) is 45.3 Å². The highest BCUT2D eigenvalue weighted by Gasteiger charge is 2.71. The third kappa shape index (κ3) is 4.12. The standard InChI is InChI=1S/C27H33Cl3N2O8/c1-14-26(40-24(2,3)39-14)12-31(23(34)38-13-27(28,29)30)20-10-25(21-9-18(26)16(20)11-37-21)17-7-6-15(35-4)8-19(17)32(36-5)22(25)33/h6-8,14,16,18,20-21H,9-13H2,1-5H3/t14-,16+,18-,20+,21-,25+,26+/m1/s1. The lowest BCUT2D eigenvalue weighted by Gasteiger charge is -2.54. The molecule has 13 heteroatoms. The monoisotopic (exact) mass is 618 g/mol. The lowest BCUT2D eigenvalue weighted by molar-refractivity contribution is -0.216. The molecule has 0 radical (unpaired) electrons. The number of hydrogen-bond donors (Lipinski definition) is 0. The number of hydroxylamine groups is 1. The van der Waals surface area contributed by atoms with Gasteiger partial charge < -0.3 is 28.6 Å². The number of rotatable bonds is 3. The van der Waals surface area contributed by atoms with Crippen LogP contribution >= 0.6 is 34.8 Å². The Balaban J connectivity index is 1.49. The SMILES string of the molecule is COc1ccc2c(c1)N(OC)C(=O)[C@@]21C[C@H]2[C@H]3CO[C@@H]1C[C@H]3[C@@]1(CN2C(=O)OCC(Cl)(Cl)Cl)OC(C)(C)O[C@@H]1C. The molecule has 7 atom stereocenters. The zero-order valence-corrected chi connectivity index (χ0v) is 25.2. The minimum absolute atomic E-state index is 0.0595. The molecule has 4 bridgehead atoms. The van der Waals surface area contributed by atoms with E-state index < -0.39 is 45.4 Å². The highest BCUT2D eigenvalue weighted by Crippen LogP contribution is 2.61. The maximum Gasteiger partial charge on any atom is 0.410 e. The van der Waals surface area contributed by atoms with E-state index in [2.05, 4.69) is 0 Å². The largest absolute Gasteiger partial charge is 0.497 e. The summed E-state index contributed by atoms with van der Waals surface area (Å²) in [5, 5.41) is 1.30. The number of hydrogen-bond acceptors (Lipinski definition) is 8. The number of anilines is 1. The Hall–Kier alpha value is -1.53. The van der Waals surface area contributed by atoms with Crippen molar-refractivity contribution in [3.05, 3.63) is 23.8 Å². The molecule has 1 aliphatic carbocycles. The van der Waals surface area contributed by atoms with Crippen LogP contribution in [0.25, 0.3) is 0 Å². The van der Waals surface area contributed by atoms with Gasteiger partial charge in [-0.25, -0.2) is 4.79 Å². The topological polar surface area (TPSA) is 96.0 Å². The van der Waals surface area contributed by atoms with Crippen LogP contribution in [0, 0.1) is 11.8 Å². The number of piperidine rings is 1. The maximum atomic E-state index is 14.4. The predicted octanol–water partition coefficient (Wildman–Crippen LogP) is 4.37. The zero-order valence-electron chi connectivity index (χ0n) is 22.9. The lowest BCUT2D eigenvalue weighted by Crippen LogP contribution is -2.68. The molecule has 0 N–H and O–H groups in total. The highest BCUT2D eigenvalue weighted by molar-refractivity contribution is 6.67. The number of fused-ring (bicyclic) bond motifs is 2. The molecule has 1 saturated carbocycles. The first-order valence-electron chi connectivity index (χ1n) is 13.3. The summed E-state index contributed by atoms with van der Waals surface area (Å²) in [6.07, 6.45) is -0.657. The van der Waals surface area contributed by atoms with E-state index in [0.717, 1.165) is 5.56 Å². The van der Waals surface area contributed by atoms with Crippen LogP contribution in [0.4, 0.5) is 10.5 Å². The molecule has 5 fully saturated rings. The van der Waals surface area contributed by atoms with Crippen molar-refractivity contribution in [1.82, 2.24) is 4.90 Å². The van der Waals surface area contributed by atoms with E-state index in [1.54, 1.807) is 18.1 Å². The number of amides is 2. The van der Waals surface area contributed by atoms with Crippen LogP contribution in [-0.4, -0.2) is 84.3 Å². The molecule has 5 aliphatic heterocycles. The van der Waals surface area contributed by atoms with Crippen LogP contribution < -0.4 is 9.80 Å². The Kier molecular flexibility index (Phi) is 6.78. The fourth-order valence-corrected chi connectivity index (χ4v) is 8.05. The van der Waals surface area contributed by atoms with Crippen molar-refractivity contribution in [2.75, 3.05) is 39.0 Å². The number of nitrogens with zero attached hydrogens (tertiary/aromatic N) is 2. The first kappa shape index (κ1) is 28.6. The summed E-state index contributed by atoms with van der Waals surface area (Å²) in [4.78, 5) is 35.3. The van der Waals surface area contributed by atoms with Crippen LogP contribution in [0.1, 0.15) is 39.2 Å². The van der Waals surface area contributed by atoms with E-state index in [1.165, 1.54) is 12.2 Å². The molecule has 40 heavy (non-hydrogen) atoms. The Morgan fingerprint density at radius 2 is 1.98 bits per heavy atom. The van der Waals surface area contributed by atoms with E-state index in [0.29, 0.717) is 30.9 Å². The number of benzene rings is 1. The van der Waals surface area contributed by atoms with Gasteiger partial charge in [-0.05, 0) is 45.2 Å². The number of carbonyl (C=O) groups excluding carboxylic acids is 2. The Bertz CT molecular complexity index is 1230. The van der Waals surface area contributed by atoms with Crippen molar-refractivity contribution in [3.8, 4) is 5.75 Å². The smallest absolute Gasteiger partial charge is 0.410 e. The van der Waals surface area contributed by atoms with Crippen molar-refractivity contribution in [2.45, 2.75) is 72.5 Å². The molecule has 1 aromatic rings. The summed E-state index contributed by atoms with van der Waals surface area (Å²) < 4.78 is 28.6. The van der Waals surface area contributed by atoms with E-state index >= 15 is 0 Å². The van der Waals surface area contributed by atoms with Gasteiger partial charge in [-0.2, -0.15) is 5.06 Å². The van der Waals surface area contributed by atoms with Gasteiger partial charge in [0.1, 0.15) is 23.4 Å². The number of carbonyl (C=O) groups is 2. The molecule has 0 unspecified atom stereocenters. The summed E-state index contributed by atoms with van der Waals surface area (Å²) in [6.45, 7) is 5.79. The third-order valence-corrected chi connectivity index (χ3v) is 9.65. The van der Waals surface area contributed by atoms with Crippen molar-refractivity contribution >= 4 is 52.5 Å². The van der Waals surface area contributed by atoms with Gasteiger partial charge in [0.2, 0.25) is 3.79 Å². The van der Waals surface area contributed by atoms with Gasteiger partial charge in [0.15, 0.2) is 5.79 Å². The average molecular weight is 620 g/mol. The molecule has 4 saturated heterocycles. The number of ether oxygens (including phenoxy) is 5. The third-order valence-electron chi connectivity index (χ3n) is 9.33. The van der Waals surface area contributed by atoms with Gasteiger partial charge in [-0.3, -0.25) is 9.63 Å². The summed E-state index contributed by atoms with van der Waals surface area (Å²) in [5.41, 5.74) is -0.629. The minimum atomic E-state index is -1.78. The Morgan fingerprint density at radius 3 is 2.60 bits per heavy atom. The quantitative estimate of drug-likeness (QED) is 0.461. The van der Waals surface area contributed by atoms with Gasteiger partial charge >= 0.3 is 6.09 Å². The first-order chi connectivity index (χ1) is 18.8. The van der Waals surface area contributed by atoms with E-state index in [4.69, 9.17) is 63.3 Å².